The van der Waals surface area contributed by atoms with Gasteiger partial charge in [0.1, 0.15) is 11.4 Å². The molecule has 41 heavy (non-hydrogen) atoms. The lowest BCUT2D eigenvalue weighted by atomic mass is 9.75. The van der Waals surface area contributed by atoms with E-state index >= 15 is 0 Å². The predicted molar refractivity (Wildman–Crippen MR) is 152 cm³/mol. The maximum absolute atomic E-state index is 14.6. The first-order valence-corrected chi connectivity index (χ1v) is 13.7. The molecule has 0 bridgehead atoms. The van der Waals surface area contributed by atoms with Crippen LogP contribution in [0.5, 0.6) is 0 Å². The molecule has 2 saturated heterocycles. The van der Waals surface area contributed by atoms with Crippen LogP contribution in [0.3, 0.4) is 0 Å². The number of carbonyl (C=O) groups is 3. The van der Waals surface area contributed by atoms with Gasteiger partial charge < -0.3 is 4.74 Å². The molecular weight excluding hydrogens is 520 g/mol. The maximum Gasteiger partial charge on any atom is 0.339 e. The Kier molecular flexibility index (Phi) is 5.53. The van der Waals surface area contributed by atoms with Crippen LogP contribution in [-0.4, -0.2) is 40.5 Å². The summed E-state index contributed by atoms with van der Waals surface area (Å²) in [5, 5.41) is 4.17. The molecule has 0 aliphatic carbocycles. The van der Waals surface area contributed by atoms with Crippen LogP contribution in [0.1, 0.15) is 42.0 Å². The summed E-state index contributed by atoms with van der Waals surface area (Å²) in [7, 11) is 1.26. The minimum absolute atomic E-state index is 0.131. The molecule has 2 fully saturated rings. The van der Waals surface area contributed by atoms with Gasteiger partial charge in [-0.15, -0.1) is 0 Å². The number of ether oxygens (including phenoxy) is 1. The van der Waals surface area contributed by atoms with Gasteiger partial charge in [-0.05, 0) is 42.7 Å². The molecule has 3 aromatic carbocycles. The molecule has 0 radical (unpaired) electrons. The summed E-state index contributed by atoms with van der Waals surface area (Å²) in [4.78, 5) is 61.7. The van der Waals surface area contributed by atoms with Crippen molar-refractivity contribution in [2.75, 3.05) is 12.0 Å². The number of hydrogen-bond donors (Lipinski definition) is 1. The Morgan fingerprint density at radius 1 is 0.951 bits per heavy atom. The Labute approximate surface area is 235 Å². The summed E-state index contributed by atoms with van der Waals surface area (Å²) in [6.07, 6.45) is 0.619. The fraction of sp³-hybridized carbons (Fsp3) is 0.281. The summed E-state index contributed by atoms with van der Waals surface area (Å²) >= 11 is 0. The van der Waals surface area contributed by atoms with Gasteiger partial charge in [0, 0.05) is 11.6 Å². The van der Waals surface area contributed by atoms with Crippen molar-refractivity contribution in [3.8, 4) is 5.69 Å². The van der Waals surface area contributed by atoms with Crippen molar-refractivity contribution in [1.82, 2.24) is 14.9 Å². The predicted octanol–water partition coefficient (Wildman–Crippen LogP) is 3.55. The zero-order valence-corrected chi connectivity index (χ0v) is 22.8. The number of carbonyl (C=O) groups excluding carboxylic acids is 3. The Morgan fingerprint density at radius 2 is 1.63 bits per heavy atom. The Morgan fingerprint density at radius 3 is 2.39 bits per heavy atom. The molecule has 3 aliphatic rings. The third-order valence-electron chi connectivity index (χ3n) is 8.64. The minimum atomic E-state index is -1.23. The van der Waals surface area contributed by atoms with Gasteiger partial charge in [-0.25, -0.2) is 14.7 Å². The van der Waals surface area contributed by atoms with Gasteiger partial charge >= 0.3 is 5.97 Å². The molecule has 9 heteroatoms. The van der Waals surface area contributed by atoms with Crippen molar-refractivity contribution in [2.24, 2.45) is 17.8 Å². The first kappa shape index (κ1) is 25.3. The molecule has 1 spiro atoms. The summed E-state index contributed by atoms with van der Waals surface area (Å²) in [6.45, 7) is 4.14. The van der Waals surface area contributed by atoms with Gasteiger partial charge in [-0.1, -0.05) is 56.3 Å². The van der Waals surface area contributed by atoms with Crippen molar-refractivity contribution in [1.29, 1.82) is 0 Å². The number of amides is 2. The summed E-state index contributed by atoms with van der Waals surface area (Å²) in [5.74, 6) is -2.49. The van der Waals surface area contributed by atoms with Gasteiger partial charge in [-0.3, -0.25) is 24.3 Å². The van der Waals surface area contributed by atoms with E-state index in [2.05, 4.69) is 19.2 Å². The van der Waals surface area contributed by atoms with E-state index in [1.54, 1.807) is 47.0 Å². The maximum atomic E-state index is 14.6. The van der Waals surface area contributed by atoms with E-state index in [4.69, 9.17) is 9.72 Å². The van der Waals surface area contributed by atoms with Gasteiger partial charge in [-0.2, -0.15) is 0 Å². The largest absolute Gasteiger partial charge is 0.465 e. The average molecular weight is 549 g/mol. The zero-order valence-electron chi connectivity index (χ0n) is 22.8. The molecule has 4 heterocycles. The molecule has 4 atom stereocenters. The number of methoxy groups -OCH3 is 1. The lowest BCUT2D eigenvalue weighted by Gasteiger charge is -2.32. The normalized spacial score (nSPS) is 24.3. The number of imide groups is 1. The standard InChI is InChI=1S/C32H28N4O5/c1-17(2)16-22-25-26(29(39)35(28(25)38)23-14-8-5-11-19(23)30(40)41-3)32(34-22)20-12-6-9-15-24(20)36-27(37)18-10-4-7-13-21(18)33-31(32)36/h4-15,17,22,25-26,34H,16H2,1-3H3/t22-,25+,26-,32+/m1/s1. The topological polar surface area (TPSA) is 111 Å². The molecule has 2 amide bonds. The quantitative estimate of drug-likeness (QED) is 0.307. The van der Waals surface area contributed by atoms with Crippen molar-refractivity contribution < 1.29 is 19.1 Å². The second-order valence-corrected chi connectivity index (χ2v) is 11.3. The Bertz CT molecular complexity index is 1850. The van der Waals surface area contributed by atoms with E-state index in [9.17, 15) is 19.2 Å². The molecular formula is C32H28N4O5. The highest BCUT2D eigenvalue weighted by atomic mass is 16.5. The highest BCUT2D eigenvalue weighted by Crippen LogP contribution is 2.56. The molecule has 4 aromatic rings. The lowest BCUT2D eigenvalue weighted by Crippen LogP contribution is -2.50. The third kappa shape index (κ3) is 3.29. The number of para-hydroxylation sites is 3. The van der Waals surface area contributed by atoms with E-state index in [0.717, 1.165) is 10.5 Å². The van der Waals surface area contributed by atoms with Crippen LogP contribution in [0.15, 0.2) is 77.6 Å². The number of rotatable bonds is 4. The summed E-state index contributed by atoms with van der Waals surface area (Å²) in [6, 6.07) is 20.7. The number of anilines is 1. The minimum Gasteiger partial charge on any atom is -0.465 e. The molecule has 3 aliphatic heterocycles. The fourth-order valence-electron chi connectivity index (χ4n) is 7.12. The van der Waals surface area contributed by atoms with Gasteiger partial charge in [0.15, 0.2) is 0 Å². The third-order valence-corrected chi connectivity index (χ3v) is 8.64. The molecule has 1 N–H and O–H groups in total. The van der Waals surface area contributed by atoms with Crippen LogP contribution in [0, 0.1) is 17.8 Å². The van der Waals surface area contributed by atoms with Crippen molar-refractivity contribution in [3.63, 3.8) is 0 Å². The number of nitrogens with one attached hydrogen (secondary N) is 1. The molecule has 1 aromatic heterocycles. The van der Waals surface area contributed by atoms with Crippen LogP contribution >= 0.6 is 0 Å². The summed E-state index contributed by atoms with van der Waals surface area (Å²) in [5.41, 5.74) is 0.743. The van der Waals surface area contributed by atoms with Crippen LogP contribution < -0.4 is 15.8 Å². The number of hydrogen-bond acceptors (Lipinski definition) is 7. The number of aromatic nitrogens is 2. The fourth-order valence-corrected chi connectivity index (χ4v) is 7.12. The van der Waals surface area contributed by atoms with Crippen LogP contribution in [0.25, 0.3) is 16.6 Å². The van der Waals surface area contributed by atoms with E-state index in [1.165, 1.54) is 7.11 Å². The number of nitrogens with zero attached hydrogens (tertiary/aromatic N) is 3. The molecule has 206 valence electrons. The van der Waals surface area contributed by atoms with Crippen molar-refractivity contribution in [2.45, 2.75) is 31.8 Å². The van der Waals surface area contributed by atoms with E-state index in [-0.39, 0.29) is 34.7 Å². The van der Waals surface area contributed by atoms with E-state index in [1.807, 2.05) is 30.3 Å². The monoisotopic (exact) mass is 548 g/mol. The van der Waals surface area contributed by atoms with Gasteiger partial charge in [0.05, 0.1) is 46.8 Å². The number of benzene rings is 3. The van der Waals surface area contributed by atoms with Crippen LogP contribution in [0.2, 0.25) is 0 Å². The van der Waals surface area contributed by atoms with E-state index < -0.39 is 29.3 Å². The smallest absolute Gasteiger partial charge is 0.339 e. The lowest BCUT2D eigenvalue weighted by molar-refractivity contribution is -0.123. The van der Waals surface area contributed by atoms with Crippen LogP contribution in [0.4, 0.5) is 5.69 Å². The second-order valence-electron chi connectivity index (χ2n) is 11.3. The second kappa shape index (κ2) is 8.94. The highest BCUT2D eigenvalue weighted by molar-refractivity contribution is 6.25. The molecule has 0 unspecified atom stereocenters. The molecule has 9 nitrogen and oxygen atoms in total. The number of esters is 1. The van der Waals surface area contributed by atoms with Crippen LogP contribution in [-0.2, 0) is 19.9 Å². The van der Waals surface area contributed by atoms with Crippen molar-refractivity contribution in [3.05, 3.63) is 100 Å². The van der Waals surface area contributed by atoms with Gasteiger partial charge in [0.2, 0.25) is 11.8 Å². The van der Waals surface area contributed by atoms with Crippen molar-refractivity contribution >= 4 is 34.4 Å². The first-order chi connectivity index (χ1) is 19.8. The number of fused-ring (bicyclic) bond motifs is 8. The molecule has 7 rings (SSSR count). The summed E-state index contributed by atoms with van der Waals surface area (Å²) < 4.78 is 6.55. The Balaban J connectivity index is 1.51. The average Bonchev–Trinajstić information content (AvgIpc) is 3.55. The van der Waals surface area contributed by atoms with Gasteiger partial charge in [0.25, 0.3) is 5.56 Å². The molecule has 0 saturated carbocycles. The first-order valence-electron chi connectivity index (χ1n) is 13.7. The Hall–Kier alpha value is -4.63. The zero-order chi connectivity index (χ0) is 28.6. The van der Waals surface area contributed by atoms with E-state index in [0.29, 0.717) is 28.8 Å². The highest BCUT2D eigenvalue weighted by Gasteiger charge is 2.69. The SMILES string of the molecule is COC(=O)c1ccccc1N1C(=O)[C@H]2[C@@H](CC(C)C)N[C@@]3(c4ccccc4-n4c3nc3ccccc3c4=O)[C@H]2C1=O.